The fraction of sp³-hybridized carbons (Fsp3) is 0. The lowest BCUT2D eigenvalue weighted by Crippen LogP contribution is -2.00. The van der Waals surface area contributed by atoms with Gasteiger partial charge in [0.2, 0.25) is 5.78 Å². The number of ether oxygens (including phenoxy) is 1. The van der Waals surface area contributed by atoms with E-state index in [1.54, 1.807) is 0 Å². The van der Waals surface area contributed by atoms with Crippen LogP contribution in [0.25, 0.3) is 0 Å². The Morgan fingerprint density at radius 3 is 2.63 bits per heavy atom. The number of halogens is 2. The highest BCUT2D eigenvalue weighted by Crippen LogP contribution is 2.26. The molecule has 0 fully saturated rings. The van der Waals surface area contributed by atoms with Crippen molar-refractivity contribution >= 4 is 12.0 Å². The van der Waals surface area contributed by atoms with Gasteiger partial charge in [-0.2, -0.15) is 0 Å². The molecule has 0 saturated heterocycles. The number of benzene rings is 2. The van der Waals surface area contributed by atoms with Crippen molar-refractivity contribution in [3.63, 3.8) is 0 Å². The second-order valence-electron chi connectivity index (χ2n) is 3.71. The van der Waals surface area contributed by atoms with Crippen molar-refractivity contribution in [3.05, 3.63) is 59.7 Å². The van der Waals surface area contributed by atoms with Crippen molar-refractivity contribution in [2.24, 2.45) is 0 Å². The Balaban J connectivity index is 2.34. The smallest absolute Gasteiger partial charge is 0.203 e. The Bertz CT molecular complexity index is 641. The van der Waals surface area contributed by atoms with E-state index in [-0.39, 0.29) is 17.1 Å². The quantitative estimate of drug-likeness (QED) is 0.675. The lowest BCUT2D eigenvalue weighted by atomic mass is 10.1. The van der Waals surface area contributed by atoms with E-state index in [1.165, 1.54) is 30.3 Å². The van der Waals surface area contributed by atoms with Crippen LogP contribution in [-0.4, -0.2) is 12.0 Å². The fourth-order valence-electron chi connectivity index (χ4n) is 1.48. The van der Waals surface area contributed by atoms with Gasteiger partial charge >= 0.3 is 0 Å². The molecule has 96 valence electrons. The molecular formula is C14H9F2NO2. The van der Waals surface area contributed by atoms with Crippen molar-refractivity contribution in [3.8, 4) is 11.5 Å². The van der Waals surface area contributed by atoms with Crippen LogP contribution in [0.2, 0.25) is 0 Å². The van der Waals surface area contributed by atoms with Crippen molar-refractivity contribution in [1.82, 2.24) is 0 Å². The minimum absolute atomic E-state index is 0.123. The molecule has 0 aliphatic heterocycles. The standard InChI is InChI=1S/C14H9F2NO2/c15-10-2-1-3-11(7-10)19-14-6-9(13(18)8-17)4-5-12(14)16/h1-8,17H. The number of hydrogen-bond acceptors (Lipinski definition) is 3. The van der Waals surface area contributed by atoms with E-state index >= 15 is 0 Å². The number of Topliss-reactive ketones (excluding diaryl/α,β-unsaturated/α-hetero) is 1. The predicted octanol–water partition coefficient (Wildman–Crippen LogP) is 3.59. The predicted molar refractivity (Wildman–Crippen MR) is 66.0 cm³/mol. The molecule has 0 unspecified atom stereocenters. The molecular weight excluding hydrogens is 252 g/mol. The third-order valence-electron chi connectivity index (χ3n) is 2.37. The molecule has 19 heavy (non-hydrogen) atoms. The van der Waals surface area contributed by atoms with E-state index in [2.05, 4.69) is 0 Å². The average molecular weight is 261 g/mol. The first-order chi connectivity index (χ1) is 9.10. The SMILES string of the molecule is N=CC(=O)c1ccc(F)c(Oc2cccc(F)c2)c1. The molecule has 0 aliphatic carbocycles. The third-order valence-corrected chi connectivity index (χ3v) is 2.37. The highest BCUT2D eigenvalue weighted by molar-refractivity contribution is 6.34. The highest BCUT2D eigenvalue weighted by Gasteiger charge is 2.10. The molecule has 0 aromatic heterocycles. The third kappa shape index (κ3) is 3.01. The average Bonchev–Trinajstić information content (AvgIpc) is 2.40. The van der Waals surface area contributed by atoms with E-state index in [9.17, 15) is 13.6 Å². The molecule has 0 radical (unpaired) electrons. The summed E-state index contributed by atoms with van der Waals surface area (Å²) in [6.07, 6.45) is 0.624. The van der Waals surface area contributed by atoms with Crippen molar-refractivity contribution in [2.45, 2.75) is 0 Å². The first-order valence-corrected chi connectivity index (χ1v) is 5.38. The Hall–Kier alpha value is -2.56. The van der Waals surface area contributed by atoms with Gasteiger partial charge in [0.05, 0.1) is 6.21 Å². The van der Waals surface area contributed by atoms with Gasteiger partial charge in [-0.3, -0.25) is 4.79 Å². The molecule has 0 aliphatic rings. The van der Waals surface area contributed by atoms with Gasteiger partial charge in [0.1, 0.15) is 11.6 Å². The van der Waals surface area contributed by atoms with Gasteiger partial charge in [0.15, 0.2) is 11.6 Å². The van der Waals surface area contributed by atoms with Crippen molar-refractivity contribution in [1.29, 1.82) is 5.41 Å². The van der Waals surface area contributed by atoms with Gasteiger partial charge in [-0.15, -0.1) is 0 Å². The summed E-state index contributed by atoms with van der Waals surface area (Å²) < 4.78 is 31.7. The second-order valence-corrected chi connectivity index (χ2v) is 3.71. The van der Waals surface area contributed by atoms with Crippen molar-refractivity contribution in [2.75, 3.05) is 0 Å². The summed E-state index contributed by atoms with van der Waals surface area (Å²) in [7, 11) is 0. The van der Waals surface area contributed by atoms with Gasteiger partial charge in [0, 0.05) is 11.6 Å². The number of hydrogen-bond donors (Lipinski definition) is 1. The van der Waals surface area contributed by atoms with Gasteiger partial charge in [0.25, 0.3) is 0 Å². The zero-order chi connectivity index (χ0) is 13.8. The van der Waals surface area contributed by atoms with Gasteiger partial charge in [-0.25, -0.2) is 8.78 Å². The summed E-state index contributed by atoms with van der Waals surface area (Å²) in [5, 5.41) is 6.86. The lowest BCUT2D eigenvalue weighted by Gasteiger charge is -2.07. The molecule has 0 amide bonds. The van der Waals surface area contributed by atoms with Crippen LogP contribution in [0, 0.1) is 17.0 Å². The number of carbonyl (C=O) groups excluding carboxylic acids is 1. The van der Waals surface area contributed by atoms with Gasteiger partial charge in [-0.1, -0.05) is 6.07 Å². The Morgan fingerprint density at radius 1 is 1.16 bits per heavy atom. The van der Waals surface area contributed by atoms with Crippen LogP contribution >= 0.6 is 0 Å². The summed E-state index contributed by atoms with van der Waals surface area (Å²) in [6.45, 7) is 0. The number of ketones is 1. The van der Waals surface area contributed by atoms with Crippen LogP contribution in [0.1, 0.15) is 10.4 Å². The van der Waals surface area contributed by atoms with E-state index in [0.29, 0.717) is 6.21 Å². The summed E-state index contributed by atoms with van der Waals surface area (Å²) in [5.74, 6) is -1.82. The van der Waals surface area contributed by atoms with Crippen LogP contribution in [0.5, 0.6) is 11.5 Å². The molecule has 5 heteroatoms. The van der Waals surface area contributed by atoms with E-state index in [0.717, 1.165) is 12.1 Å². The monoisotopic (exact) mass is 261 g/mol. The summed E-state index contributed by atoms with van der Waals surface area (Å²) >= 11 is 0. The van der Waals surface area contributed by atoms with Crippen molar-refractivity contribution < 1.29 is 18.3 Å². The summed E-state index contributed by atoms with van der Waals surface area (Å²) in [6, 6.07) is 8.71. The van der Waals surface area contributed by atoms with Gasteiger partial charge in [-0.05, 0) is 30.3 Å². The minimum Gasteiger partial charge on any atom is -0.454 e. The molecule has 0 heterocycles. The largest absolute Gasteiger partial charge is 0.454 e. The van der Waals surface area contributed by atoms with Gasteiger partial charge < -0.3 is 10.1 Å². The maximum atomic E-state index is 13.5. The van der Waals surface area contributed by atoms with Crippen LogP contribution in [0.4, 0.5) is 8.78 Å². The van der Waals surface area contributed by atoms with Crippen LogP contribution < -0.4 is 4.74 Å². The van der Waals surface area contributed by atoms with E-state index < -0.39 is 17.4 Å². The second kappa shape index (κ2) is 5.39. The molecule has 0 saturated carbocycles. The van der Waals surface area contributed by atoms with E-state index in [4.69, 9.17) is 10.1 Å². The molecule has 2 aromatic carbocycles. The van der Waals surface area contributed by atoms with Crippen LogP contribution in [0.15, 0.2) is 42.5 Å². The maximum Gasteiger partial charge on any atom is 0.203 e. The summed E-state index contributed by atoms with van der Waals surface area (Å²) in [4.78, 5) is 11.3. The zero-order valence-electron chi connectivity index (χ0n) is 9.69. The Morgan fingerprint density at radius 2 is 1.95 bits per heavy atom. The minimum atomic E-state index is -0.675. The summed E-state index contributed by atoms with van der Waals surface area (Å²) in [5.41, 5.74) is 0.128. The molecule has 2 aromatic rings. The first-order valence-electron chi connectivity index (χ1n) is 5.38. The number of carbonyl (C=O) groups is 1. The van der Waals surface area contributed by atoms with Crippen LogP contribution in [0.3, 0.4) is 0 Å². The molecule has 0 spiro atoms. The maximum absolute atomic E-state index is 13.5. The first kappa shape index (κ1) is 12.9. The van der Waals surface area contributed by atoms with E-state index in [1.807, 2.05) is 0 Å². The molecule has 0 atom stereocenters. The molecule has 3 nitrogen and oxygen atoms in total. The molecule has 0 bridgehead atoms. The topological polar surface area (TPSA) is 50.2 Å². The molecule has 2 rings (SSSR count). The number of nitrogens with one attached hydrogen (secondary N) is 1. The zero-order valence-corrected chi connectivity index (χ0v) is 9.69. The normalized spacial score (nSPS) is 10.0. The number of rotatable bonds is 4. The Kier molecular flexibility index (Phi) is 3.66. The Labute approximate surface area is 108 Å². The van der Waals surface area contributed by atoms with Crippen LogP contribution in [-0.2, 0) is 0 Å². The fourth-order valence-corrected chi connectivity index (χ4v) is 1.48. The highest BCUT2D eigenvalue weighted by atomic mass is 19.1. The molecule has 1 N–H and O–H groups in total. The lowest BCUT2D eigenvalue weighted by molar-refractivity contribution is 0.107.